The lowest BCUT2D eigenvalue weighted by molar-refractivity contribution is 0.627. The molecule has 1 aromatic heterocycles. The molecule has 24 heavy (non-hydrogen) atoms. The lowest BCUT2D eigenvalue weighted by Crippen LogP contribution is -2.14. The molecule has 1 aliphatic rings. The zero-order chi connectivity index (χ0) is 17.2. The topological polar surface area (TPSA) is 49.6 Å². The predicted molar refractivity (Wildman–Crippen MR) is 97.2 cm³/mol. The standard InChI is InChI=1S/C12H12N4.C7H7F/c1-13-6-7-15-12-8-11(9-16-12)10-2-4-14-5-3-10;1-6-2-4-7(8)5-3-6/h2-7,9H,1,8H2,(H,15,16);2-5H,1H3/b7-6-;. The highest BCUT2D eigenvalue weighted by molar-refractivity contribution is 5.97. The summed E-state index contributed by atoms with van der Waals surface area (Å²) in [6.45, 7) is 5.28. The number of aryl methyl sites for hydroxylation is 1. The number of aliphatic imine (C=N–C) groups is 2. The Morgan fingerprint density at radius 3 is 2.50 bits per heavy atom. The van der Waals surface area contributed by atoms with E-state index in [4.69, 9.17) is 0 Å². The van der Waals surface area contributed by atoms with Crippen LogP contribution in [0.5, 0.6) is 0 Å². The molecule has 0 atom stereocenters. The molecule has 0 saturated carbocycles. The van der Waals surface area contributed by atoms with Crippen LogP contribution in [-0.2, 0) is 0 Å². The minimum Gasteiger partial charge on any atom is -0.348 e. The lowest BCUT2D eigenvalue weighted by atomic mass is 10.1. The third-order valence-corrected chi connectivity index (χ3v) is 3.23. The van der Waals surface area contributed by atoms with Crippen molar-refractivity contribution in [2.45, 2.75) is 13.3 Å². The summed E-state index contributed by atoms with van der Waals surface area (Å²) in [5.41, 5.74) is 3.43. The van der Waals surface area contributed by atoms with Crippen LogP contribution in [0.2, 0.25) is 0 Å². The van der Waals surface area contributed by atoms with Gasteiger partial charge in [-0.1, -0.05) is 17.7 Å². The van der Waals surface area contributed by atoms with Crippen molar-refractivity contribution in [3.63, 3.8) is 0 Å². The Balaban J connectivity index is 0.000000219. The second kappa shape index (κ2) is 9.15. The molecule has 0 amide bonds. The number of nitrogens with one attached hydrogen (secondary N) is 1. The van der Waals surface area contributed by atoms with Gasteiger partial charge < -0.3 is 5.32 Å². The molecule has 1 N–H and O–H groups in total. The number of hydrogen-bond donors (Lipinski definition) is 1. The van der Waals surface area contributed by atoms with E-state index in [1.54, 1.807) is 36.9 Å². The number of hydrogen-bond acceptors (Lipinski definition) is 4. The van der Waals surface area contributed by atoms with Crippen LogP contribution in [0, 0.1) is 12.7 Å². The summed E-state index contributed by atoms with van der Waals surface area (Å²) in [4.78, 5) is 11.9. The van der Waals surface area contributed by atoms with E-state index in [1.807, 2.05) is 25.3 Å². The Morgan fingerprint density at radius 2 is 1.88 bits per heavy atom. The summed E-state index contributed by atoms with van der Waals surface area (Å²) in [6.07, 6.45) is 9.53. The Kier molecular flexibility index (Phi) is 6.58. The summed E-state index contributed by atoms with van der Waals surface area (Å²) in [5.74, 6) is 0.738. The van der Waals surface area contributed by atoms with Gasteiger partial charge >= 0.3 is 0 Å². The lowest BCUT2D eigenvalue weighted by Gasteiger charge is -2.02. The summed E-state index contributed by atoms with van der Waals surface area (Å²) >= 11 is 0. The smallest absolute Gasteiger partial charge is 0.123 e. The summed E-state index contributed by atoms with van der Waals surface area (Å²) in [5, 5.41) is 3.05. The quantitative estimate of drug-likeness (QED) is 0.864. The molecule has 1 aliphatic heterocycles. The van der Waals surface area contributed by atoms with Gasteiger partial charge in [0.1, 0.15) is 11.7 Å². The van der Waals surface area contributed by atoms with Crippen molar-refractivity contribution in [2.24, 2.45) is 9.98 Å². The third-order valence-electron chi connectivity index (χ3n) is 3.23. The molecule has 0 spiro atoms. The fraction of sp³-hybridized carbons (Fsp3) is 0.105. The molecule has 122 valence electrons. The second-order valence-electron chi connectivity index (χ2n) is 5.08. The van der Waals surface area contributed by atoms with Crippen molar-refractivity contribution in [3.05, 3.63) is 84.3 Å². The van der Waals surface area contributed by atoms with Crippen molar-refractivity contribution in [1.29, 1.82) is 0 Å². The van der Waals surface area contributed by atoms with Gasteiger partial charge in [0.15, 0.2) is 0 Å². The molecule has 0 radical (unpaired) electrons. The first-order valence-electron chi connectivity index (χ1n) is 7.44. The number of benzene rings is 1. The zero-order valence-electron chi connectivity index (χ0n) is 13.5. The minimum absolute atomic E-state index is 0.171. The highest BCUT2D eigenvalue weighted by Gasteiger charge is 2.10. The zero-order valence-corrected chi connectivity index (χ0v) is 13.5. The van der Waals surface area contributed by atoms with Crippen molar-refractivity contribution < 1.29 is 4.39 Å². The highest BCUT2D eigenvalue weighted by atomic mass is 19.1. The molecule has 0 fully saturated rings. The Hall–Kier alpha value is -3.08. The van der Waals surface area contributed by atoms with Gasteiger partial charge in [0.2, 0.25) is 0 Å². The molecule has 2 aromatic rings. The van der Waals surface area contributed by atoms with Crippen LogP contribution in [0.3, 0.4) is 0 Å². The Labute approximate surface area is 141 Å². The van der Waals surface area contributed by atoms with Gasteiger partial charge in [0, 0.05) is 37.4 Å². The van der Waals surface area contributed by atoms with E-state index in [1.165, 1.54) is 17.7 Å². The largest absolute Gasteiger partial charge is 0.348 e. The molecule has 0 bridgehead atoms. The number of amidine groups is 1. The van der Waals surface area contributed by atoms with E-state index in [0.717, 1.165) is 23.4 Å². The first kappa shape index (κ1) is 17.3. The highest BCUT2D eigenvalue weighted by Crippen LogP contribution is 2.21. The van der Waals surface area contributed by atoms with Crippen LogP contribution in [0.1, 0.15) is 17.5 Å². The molecule has 5 heteroatoms. The molecule has 2 heterocycles. The van der Waals surface area contributed by atoms with Crippen molar-refractivity contribution in [1.82, 2.24) is 10.3 Å². The fourth-order valence-corrected chi connectivity index (χ4v) is 1.98. The normalized spacial score (nSPS) is 12.9. The van der Waals surface area contributed by atoms with Crippen LogP contribution in [0.15, 0.2) is 77.4 Å². The third kappa shape index (κ3) is 5.61. The number of halogens is 1. The SMILES string of the molecule is C=N/C=C\NC1=NC=C(c2ccncc2)C1.Cc1ccc(F)cc1. The average Bonchev–Trinajstić information content (AvgIpc) is 3.08. The first-order valence-corrected chi connectivity index (χ1v) is 7.44. The van der Waals surface area contributed by atoms with Gasteiger partial charge in [-0.05, 0) is 49.0 Å². The molecule has 0 unspecified atom stereocenters. The summed E-state index contributed by atoms with van der Waals surface area (Å²) in [7, 11) is 0. The van der Waals surface area contributed by atoms with E-state index >= 15 is 0 Å². The molecular formula is C19H19FN4. The van der Waals surface area contributed by atoms with Crippen LogP contribution >= 0.6 is 0 Å². The second-order valence-corrected chi connectivity index (χ2v) is 5.08. The van der Waals surface area contributed by atoms with Crippen molar-refractivity contribution in [2.75, 3.05) is 0 Å². The molecule has 4 nitrogen and oxygen atoms in total. The van der Waals surface area contributed by atoms with Crippen LogP contribution < -0.4 is 5.32 Å². The molecule has 0 aliphatic carbocycles. The van der Waals surface area contributed by atoms with E-state index < -0.39 is 0 Å². The summed E-state index contributed by atoms with van der Waals surface area (Å²) in [6, 6.07) is 10.4. The molecular weight excluding hydrogens is 303 g/mol. The van der Waals surface area contributed by atoms with E-state index in [-0.39, 0.29) is 5.82 Å². The van der Waals surface area contributed by atoms with Gasteiger partial charge in [0.25, 0.3) is 0 Å². The van der Waals surface area contributed by atoms with Crippen LogP contribution in [0.4, 0.5) is 4.39 Å². The molecule has 0 saturated heterocycles. The van der Waals surface area contributed by atoms with E-state index in [9.17, 15) is 4.39 Å². The minimum atomic E-state index is -0.171. The van der Waals surface area contributed by atoms with Crippen LogP contribution in [0.25, 0.3) is 5.57 Å². The van der Waals surface area contributed by atoms with Gasteiger partial charge in [0.05, 0.1) is 0 Å². The fourth-order valence-electron chi connectivity index (χ4n) is 1.98. The van der Waals surface area contributed by atoms with Gasteiger partial charge in [-0.15, -0.1) is 0 Å². The molecule has 1 aromatic carbocycles. The van der Waals surface area contributed by atoms with Crippen molar-refractivity contribution >= 4 is 18.1 Å². The van der Waals surface area contributed by atoms with Crippen LogP contribution in [-0.4, -0.2) is 17.5 Å². The number of nitrogens with zero attached hydrogens (tertiary/aromatic N) is 3. The Morgan fingerprint density at radius 1 is 1.17 bits per heavy atom. The van der Waals surface area contributed by atoms with Gasteiger partial charge in [-0.2, -0.15) is 0 Å². The number of rotatable bonds is 3. The predicted octanol–water partition coefficient (Wildman–Crippen LogP) is 4.12. The maximum atomic E-state index is 12.1. The monoisotopic (exact) mass is 322 g/mol. The van der Waals surface area contributed by atoms with Gasteiger partial charge in [-0.3, -0.25) is 9.98 Å². The summed E-state index contributed by atoms with van der Waals surface area (Å²) < 4.78 is 12.1. The van der Waals surface area contributed by atoms with Gasteiger partial charge in [-0.25, -0.2) is 9.38 Å². The average molecular weight is 322 g/mol. The number of aromatic nitrogens is 1. The molecule has 3 rings (SSSR count). The number of pyridine rings is 1. The first-order chi connectivity index (χ1) is 11.7. The van der Waals surface area contributed by atoms with E-state index in [2.05, 4.69) is 27.0 Å². The maximum Gasteiger partial charge on any atom is 0.123 e. The van der Waals surface area contributed by atoms with E-state index in [0.29, 0.717) is 0 Å². The maximum absolute atomic E-state index is 12.1. The Bertz CT molecular complexity index is 726. The van der Waals surface area contributed by atoms with Crippen molar-refractivity contribution in [3.8, 4) is 0 Å².